The number of nitrogens with two attached hydrogens (primary N) is 1. The number of carbonyl (C=O) groups excluding carboxylic acids is 1. The van der Waals surface area contributed by atoms with Crippen LogP contribution in [-0.2, 0) is 4.74 Å². The molecule has 90 valence electrons. The van der Waals surface area contributed by atoms with Gasteiger partial charge in [0.25, 0.3) is 0 Å². The number of nitrogens with zero attached hydrogens (tertiary/aromatic N) is 3. The van der Waals surface area contributed by atoms with Crippen LogP contribution in [-0.4, -0.2) is 33.3 Å². The summed E-state index contributed by atoms with van der Waals surface area (Å²) >= 11 is 0. The lowest BCUT2D eigenvalue weighted by molar-refractivity contribution is -0.970. The van der Waals surface area contributed by atoms with E-state index in [-0.39, 0.29) is 0 Å². The van der Waals surface area contributed by atoms with Crippen LogP contribution in [0.5, 0.6) is 0 Å². The molecule has 0 saturated carbocycles. The molecular formula is C4H6N4O8. The maximum atomic E-state index is 10.3. The molecular weight excluding hydrogens is 232 g/mol. The molecule has 0 aromatic rings. The summed E-state index contributed by atoms with van der Waals surface area (Å²) in [5.41, 5.74) is 4.48. The first kappa shape index (κ1) is 13.5. The van der Waals surface area contributed by atoms with Gasteiger partial charge in [0.1, 0.15) is 6.61 Å². The second kappa shape index (κ2) is 4.81. The highest BCUT2D eigenvalue weighted by Crippen LogP contribution is 2.17. The van der Waals surface area contributed by atoms with Gasteiger partial charge in [-0.3, -0.25) is 30.3 Å². The molecule has 12 nitrogen and oxygen atoms in total. The van der Waals surface area contributed by atoms with E-state index in [0.717, 1.165) is 0 Å². The number of nitro groups is 3. The first-order valence-corrected chi connectivity index (χ1v) is 3.61. The summed E-state index contributed by atoms with van der Waals surface area (Å²) in [6, 6.07) is 0. The van der Waals surface area contributed by atoms with Gasteiger partial charge in [0.2, 0.25) is 6.42 Å². The van der Waals surface area contributed by atoms with Crippen LogP contribution in [0.2, 0.25) is 0 Å². The highest BCUT2D eigenvalue weighted by atomic mass is 16.7. The zero-order valence-corrected chi connectivity index (χ0v) is 7.60. The SMILES string of the molecule is NC(=O)OCCC([N+](=O)[O-])([N+](=O)[O-])[N+](=O)[O-]. The van der Waals surface area contributed by atoms with E-state index in [1.165, 1.54) is 0 Å². The van der Waals surface area contributed by atoms with E-state index < -0.39 is 39.7 Å². The highest BCUT2D eigenvalue weighted by Gasteiger charge is 2.70. The summed E-state index contributed by atoms with van der Waals surface area (Å²) in [6.07, 6.45) is -2.56. The second-order valence-corrected chi connectivity index (χ2v) is 2.46. The Morgan fingerprint density at radius 1 is 1.12 bits per heavy atom. The summed E-state index contributed by atoms with van der Waals surface area (Å²) in [5.74, 6) is -3.63. The molecule has 0 aliphatic heterocycles. The Bertz CT molecular complexity index is 303. The van der Waals surface area contributed by atoms with Crippen LogP contribution in [0, 0.1) is 30.3 Å². The Balaban J connectivity index is 4.92. The molecule has 0 atom stereocenters. The van der Waals surface area contributed by atoms with Crippen LogP contribution in [0.3, 0.4) is 0 Å². The number of hydrogen-bond donors (Lipinski definition) is 1. The number of rotatable bonds is 6. The van der Waals surface area contributed by atoms with Crippen LogP contribution in [0.4, 0.5) is 4.79 Å². The van der Waals surface area contributed by atoms with Gasteiger partial charge in [-0.1, -0.05) is 0 Å². The van der Waals surface area contributed by atoms with E-state index in [4.69, 9.17) is 0 Å². The second-order valence-electron chi connectivity index (χ2n) is 2.46. The molecule has 0 bridgehead atoms. The van der Waals surface area contributed by atoms with Gasteiger partial charge in [0, 0.05) is 0 Å². The van der Waals surface area contributed by atoms with E-state index in [9.17, 15) is 35.1 Å². The van der Waals surface area contributed by atoms with Crippen LogP contribution >= 0.6 is 0 Å². The van der Waals surface area contributed by atoms with E-state index in [1.807, 2.05) is 0 Å². The van der Waals surface area contributed by atoms with E-state index in [2.05, 4.69) is 10.5 Å². The molecule has 0 radical (unpaired) electrons. The maximum absolute atomic E-state index is 10.3. The Morgan fingerprint density at radius 3 is 1.75 bits per heavy atom. The molecule has 0 spiro atoms. The van der Waals surface area contributed by atoms with Crippen molar-refractivity contribution in [3.8, 4) is 0 Å². The number of ether oxygens (including phenoxy) is 1. The predicted molar refractivity (Wildman–Crippen MR) is 43.9 cm³/mol. The zero-order chi connectivity index (χ0) is 12.9. The number of hydrogen-bond acceptors (Lipinski definition) is 8. The third-order valence-electron chi connectivity index (χ3n) is 1.56. The molecule has 0 saturated heterocycles. The number of primary amides is 1. The molecule has 0 rings (SSSR count). The normalized spacial score (nSPS) is 10.5. The van der Waals surface area contributed by atoms with E-state index >= 15 is 0 Å². The predicted octanol–water partition coefficient (Wildman–Crippen LogP) is -1.04. The Kier molecular flexibility index (Phi) is 4.05. The van der Waals surface area contributed by atoms with Crippen molar-refractivity contribution < 1.29 is 24.3 Å². The molecule has 2 N–H and O–H groups in total. The molecule has 12 heteroatoms. The Hall–Kier alpha value is -2.53. The molecule has 0 aromatic heterocycles. The standard InChI is InChI=1S/C4H6N4O8/c5-3(9)16-2-1-4(6(10)11,7(12)13)8(14)15/h1-2H2,(H2,5,9). The maximum Gasteiger partial charge on any atom is 0.703 e. The quantitative estimate of drug-likeness (QED) is 0.345. The summed E-state index contributed by atoms with van der Waals surface area (Å²) in [7, 11) is 0. The van der Waals surface area contributed by atoms with Crippen molar-refractivity contribution in [2.45, 2.75) is 12.2 Å². The summed E-state index contributed by atoms with van der Waals surface area (Å²) in [5, 5.41) is 31.0. The molecule has 0 unspecified atom stereocenters. The van der Waals surface area contributed by atoms with Crippen molar-refractivity contribution in [2.24, 2.45) is 5.73 Å². The fraction of sp³-hybridized carbons (Fsp3) is 0.750. The highest BCUT2D eigenvalue weighted by molar-refractivity contribution is 5.64. The minimum absolute atomic E-state index is 0.904. The fourth-order valence-corrected chi connectivity index (χ4v) is 0.762. The number of carbonyl (C=O) groups is 1. The van der Waals surface area contributed by atoms with Crippen molar-refractivity contribution >= 4 is 6.09 Å². The van der Waals surface area contributed by atoms with Crippen LogP contribution < -0.4 is 5.73 Å². The smallest absolute Gasteiger partial charge is 0.449 e. The van der Waals surface area contributed by atoms with Crippen LogP contribution in [0.25, 0.3) is 0 Å². The van der Waals surface area contributed by atoms with Gasteiger partial charge in [-0.05, 0) is 0 Å². The van der Waals surface area contributed by atoms with E-state index in [0.29, 0.717) is 0 Å². The van der Waals surface area contributed by atoms with Gasteiger partial charge in [-0.15, -0.1) is 0 Å². The third kappa shape index (κ3) is 2.49. The summed E-state index contributed by atoms with van der Waals surface area (Å²) < 4.78 is 3.97. The lowest BCUT2D eigenvalue weighted by Crippen LogP contribution is -2.54. The fourth-order valence-electron chi connectivity index (χ4n) is 0.762. The summed E-state index contributed by atoms with van der Waals surface area (Å²) in [6.45, 7) is -0.904. The first-order valence-electron chi connectivity index (χ1n) is 3.61. The van der Waals surface area contributed by atoms with Crippen LogP contribution in [0.1, 0.15) is 6.42 Å². The largest absolute Gasteiger partial charge is 0.703 e. The average Bonchev–Trinajstić information content (AvgIpc) is 2.09. The first-order chi connectivity index (χ1) is 7.25. The Labute approximate surface area is 86.4 Å². The minimum Gasteiger partial charge on any atom is -0.449 e. The Morgan fingerprint density at radius 2 is 1.50 bits per heavy atom. The molecule has 16 heavy (non-hydrogen) atoms. The molecule has 0 aromatic carbocycles. The van der Waals surface area contributed by atoms with Crippen molar-refractivity contribution in [1.29, 1.82) is 0 Å². The van der Waals surface area contributed by atoms with Crippen LogP contribution in [0.15, 0.2) is 0 Å². The molecule has 0 heterocycles. The van der Waals surface area contributed by atoms with Gasteiger partial charge >= 0.3 is 11.9 Å². The molecule has 0 aliphatic rings. The lowest BCUT2D eigenvalue weighted by atomic mass is 10.3. The van der Waals surface area contributed by atoms with Gasteiger partial charge in [0.15, 0.2) is 14.8 Å². The van der Waals surface area contributed by atoms with Crippen molar-refractivity contribution in [2.75, 3.05) is 6.61 Å². The molecule has 0 fully saturated rings. The van der Waals surface area contributed by atoms with Gasteiger partial charge in [-0.2, -0.15) is 0 Å². The third-order valence-corrected chi connectivity index (χ3v) is 1.56. The summed E-state index contributed by atoms with van der Waals surface area (Å²) in [4.78, 5) is 36.1. The topological polar surface area (TPSA) is 182 Å². The van der Waals surface area contributed by atoms with E-state index in [1.54, 1.807) is 0 Å². The average molecular weight is 238 g/mol. The van der Waals surface area contributed by atoms with Crippen molar-refractivity contribution in [3.63, 3.8) is 0 Å². The van der Waals surface area contributed by atoms with Crippen molar-refractivity contribution in [1.82, 2.24) is 0 Å². The van der Waals surface area contributed by atoms with Gasteiger partial charge in [0.05, 0.1) is 0 Å². The number of amides is 1. The monoisotopic (exact) mass is 238 g/mol. The van der Waals surface area contributed by atoms with Gasteiger partial charge < -0.3 is 10.5 Å². The zero-order valence-electron chi connectivity index (χ0n) is 7.60. The minimum atomic E-state index is -3.63. The molecule has 1 amide bonds. The van der Waals surface area contributed by atoms with Gasteiger partial charge in [-0.25, -0.2) is 4.79 Å². The molecule has 0 aliphatic carbocycles. The van der Waals surface area contributed by atoms with Crippen molar-refractivity contribution in [3.05, 3.63) is 30.3 Å². The lowest BCUT2D eigenvalue weighted by Gasteiger charge is -2.08.